The molecule has 8 heteroatoms. The highest BCUT2D eigenvalue weighted by Gasteiger charge is 2.31. The summed E-state index contributed by atoms with van der Waals surface area (Å²) in [7, 11) is 1.70. The lowest BCUT2D eigenvalue weighted by atomic mass is 10.2. The van der Waals surface area contributed by atoms with Crippen LogP contribution in [0.4, 0.5) is 11.4 Å². The van der Waals surface area contributed by atoms with Crippen LogP contribution in [0, 0.1) is 0 Å². The minimum atomic E-state index is -0.0225. The van der Waals surface area contributed by atoms with Crippen LogP contribution in [-0.2, 0) is 9.59 Å². The van der Waals surface area contributed by atoms with Gasteiger partial charge in [-0.25, -0.2) is 0 Å². The number of anilines is 2. The van der Waals surface area contributed by atoms with Crippen molar-refractivity contribution in [2.24, 2.45) is 4.99 Å². The summed E-state index contributed by atoms with van der Waals surface area (Å²) < 4.78 is 0. The zero-order valence-electron chi connectivity index (χ0n) is 19.1. The minimum absolute atomic E-state index is 0.0225. The minimum Gasteiger partial charge on any atom is -0.368 e. The molecule has 0 spiro atoms. The Hall–Kier alpha value is -3.55. The second kappa shape index (κ2) is 10.8. The molecular weight excluding hydrogens is 416 g/mol. The number of nitrogens with zero attached hydrogens (tertiary/aromatic N) is 4. The molecule has 0 aromatic heterocycles. The molecule has 8 nitrogen and oxygen atoms in total. The molecule has 0 saturated carbocycles. The fraction of sp³-hybridized carbons (Fsp3) is 0.400. The van der Waals surface area contributed by atoms with Crippen molar-refractivity contribution in [3.8, 4) is 0 Å². The van der Waals surface area contributed by atoms with Crippen molar-refractivity contribution in [2.75, 3.05) is 56.1 Å². The Labute approximate surface area is 195 Å². The van der Waals surface area contributed by atoms with Gasteiger partial charge in [0.1, 0.15) is 0 Å². The largest absolute Gasteiger partial charge is 0.368 e. The number of guanidine groups is 1. The van der Waals surface area contributed by atoms with Crippen LogP contribution in [-0.4, -0.2) is 75.0 Å². The van der Waals surface area contributed by atoms with Crippen molar-refractivity contribution in [1.82, 2.24) is 15.5 Å². The lowest BCUT2D eigenvalue weighted by Crippen LogP contribution is -2.50. The zero-order chi connectivity index (χ0) is 23.0. The summed E-state index contributed by atoms with van der Waals surface area (Å²) in [4.78, 5) is 35.4. The average Bonchev–Trinajstić information content (AvgIpc) is 3.24. The second-order valence-electron chi connectivity index (χ2n) is 8.34. The fourth-order valence-corrected chi connectivity index (χ4v) is 4.35. The van der Waals surface area contributed by atoms with Gasteiger partial charge in [-0.3, -0.25) is 14.6 Å². The van der Waals surface area contributed by atoms with Crippen molar-refractivity contribution in [2.45, 2.75) is 18.9 Å². The van der Waals surface area contributed by atoms with Gasteiger partial charge in [-0.2, -0.15) is 0 Å². The molecule has 33 heavy (non-hydrogen) atoms. The number of hydrogen-bond acceptors (Lipinski definition) is 4. The van der Waals surface area contributed by atoms with Gasteiger partial charge < -0.3 is 25.3 Å². The molecule has 0 radical (unpaired) electrons. The molecule has 2 aromatic carbocycles. The van der Waals surface area contributed by atoms with E-state index in [0.29, 0.717) is 31.9 Å². The summed E-state index contributed by atoms with van der Waals surface area (Å²) in [5, 5.41) is 6.54. The van der Waals surface area contributed by atoms with Gasteiger partial charge >= 0.3 is 0 Å². The third-order valence-corrected chi connectivity index (χ3v) is 6.14. The maximum absolute atomic E-state index is 12.7. The Morgan fingerprint density at radius 1 is 0.970 bits per heavy atom. The van der Waals surface area contributed by atoms with E-state index in [1.54, 1.807) is 11.9 Å². The van der Waals surface area contributed by atoms with E-state index >= 15 is 0 Å². The van der Waals surface area contributed by atoms with Crippen LogP contribution in [0.1, 0.15) is 12.8 Å². The molecule has 0 aliphatic carbocycles. The van der Waals surface area contributed by atoms with E-state index in [4.69, 9.17) is 0 Å². The quantitative estimate of drug-likeness (QED) is 0.519. The summed E-state index contributed by atoms with van der Waals surface area (Å²) in [6, 6.07) is 20.0. The summed E-state index contributed by atoms with van der Waals surface area (Å²) in [6.07, 6.45) is 0.825. The van der Waals surface area contributed by atoms with Crippen LogP contribution in [0.15, 0.2) is 65.7 Å². The van der Waals surface area contributed by atoms with Gasteiger partial charge in [0.2, 0.25) is 11.8 Å². The summed E-state index contributed by atoms with van der Waals surface area (Å²) in [5.41, 5.74) is 2.12. The first kappa shape index (κ1) is 22.6. The van der Waals surface area contributed by atoms with Gasteiger partial charge in [0.15, 0.2) is 5.96 Å². The first-order valence-corrected chi connectivity index (χ1v) is 11.5. The Morgan fingerprint density at radius 3 is 2.24 bits per heavy atom. The van der Waals surface area contributed by atoms with Gasteiger partial charge in [-0.1, -0.05) is 36.4 Å². The SMILES string of the molecule is CN=C(NCCC(=O)N1CCN(c2ccccc2)CC1)NC1CC(=O)N(c2ccccc2)C1. The molecule has 2 saturated heterocycles. The lowest BCUT2D eigenvalue weighted by Gasteiger charge is -2.36. The van der Waals surface area contributed by atoms with E-state index in [1.807, 2.05) is 53.4 Å². The van der Waals surface area contributed by atoms with Crippen LogP contribution >= 0.6 is 0 Å². The average molecular weight is 449 g/mol. The number of hydrogen-bond donors (Lipinski definition) is 2. The molecule has 2 amide bonds. The molecule has 2 fully saturated rings. The first-order valence-electron chi connectivity index (χ1n) is 11.5. The van der Waals surface area contributed by atoms with Gasteiger partial charge in [0.05, 0.1) is 6.04 Å². The molecule has 2 N–H and O–H groups in total. The smallest absolute Gasteiger partial charge is 0.229 e. The van der Waals surface area contributed by atoms with E-state index in [0.717, 1.165) is 31.9 Å². The van der Waals surface area contributed by atoms with Crippen molar-refractivity contribution < 1.29 is 9.59 Å². The number of nitrogens with one attached hydrogen (secondary N) is 2. The van der Waals surface area contributed by atoms with Crippen molar-refractivity contribution in [1.29, 1.82) is 0 Å². The molecule has 4 rings (SSSR count). The van der Waals surface area contributed by atoms with Crippen LogP contribution in [0.2, 0.25) is 0 Å². The van der Waals surface area contributed by atoms with Crippen LogP contribution < -0.4 is 20.4 Å². The molecular formula is C25H32N6O2. The predicted molar refractivity (Wildman–Crippen MR) is 132 cm³/mol. The Bertz CT molecular complexity index is 957. The third-order valence-electron chi connectivity index (χ3n) is 6.14. The highest BCUT2D eigenvalue weighted by atomic mass is 16.2. The predicted octanol–water partition coefficient (Wildman–Crippen LogP) is 1.70. The number of rotatable bonds is 6. The monoisotopic (exact) mass is 448 g/mol. The van der Waals surface area contributed by atoms with Crippen molar-refractivity contribution in [3.05, 3.63) is 60.7 Å². The maximum Gasteiger partial charge on any atom is 0.229 e. The molecule has 0 bridgehead atoms. The second-order valence-corrected chi connectivity index (χ2v) is 8.34. The topological polar surface area (TPSA) is 80.3 Å². The molecule has 1 atom stereocenters. The summed E-state index contributed by atoms with van der Waals surface area (Å²) in [6.45, 7) is 4.26. The third kappa shape index (κ3) is 5.83. The molecule has 2 aliphatic rings. The van der Waals surface area contributed by atoms with Gasteiger partial charge in [-0.15, -0.1) is 0 Å². The number of piperazine rings is 1. The van der Waals surface area contributed by atoms with Crippen molar-refractivity contribution >= 4 is 29.1 Å². The molecule has 2 aliphatic heterocycles. The molecule has 1 unspecified atom stereocenters. The Morgan fingerprint density at radius 2 is 1.61 bits per heavy atom. The lowest BCUT2D eigenvalue weighted by molar-refractivity contribution is -0.131. The Kier molecular flexibility index (Phi) is 7.44. The number of carbonyl (C=O) groups excluding carboxylic acids is 2. The van der Waals surface area contributed by atoms with Crippen LogP contribution in [0.5, 0.6) is 0 Å². The van der Waals surface area contributed by atoms with Gasteiger partial charge in [0, 0.05) is 70.5 Å². The summed E-state index contributed by atoms with van der Waals surface area (Å²) in [5.74, 6) is 0.861. The standard InChI is InChI=1S/C25H32N6O2/c1-26-25(28-20-18-24(33)31(19-20)22-10-6-3-7-11-22)27-13-12-23(32)30-16-14-29(15-17-30)21-8-4-2-5-9-21/h2-11,20H,12-19H2,1H3,(H2,26,27,28). The highest BCUT2D eigenvalue weighted by molar-refractivity contribution is 5.97. The van der Waals surface area contributed by atoms with E-state index in [-0.39, 0.29) is 17.9 Å². The summed E-state index contributed by atoms with van der Waals surface area (Å²) >= 11 is 0. The highest BCUT2D eigenvalue weighted by Crippen LogP contribution is 2.21. The number of para-hydroxylation sites is 2. The van der Waals surface area contributed by atoms with E-state index in [1.165, 1.54) is 5.69 Å². The number of carbonyl (C=O) groups is 2. The number of benzene rings is 2. The maximum atomic E-state index is 12.7. The number of aliphatic imine (C=N–C) groups is 1. The molecule has 2 aromatic rings. The van der Waals surface area contributed by atoms with Crippen LogP contribution in [0.25, 0.3) is 0 Å². The Balaban J connectivity index is 1.18. The molecule has 2 heterocycles. The van der Waals surface area contributed by atoms with Gasteiger partial charge in [0.25, 0.3) is 0 Å². The van der Waals surface area contributed by atoms with E-state index in [2.05, 4.69) is 32.7 Å². The van der Waals surface area contributed by atoms with E-state index < -0.39 is 0 Å². The normalized spacial score (nSPS) is 19.1. The van der Waals surface area contributed by atoms with Crippen molar-refractivity contribution in [3.63, 3.8) is 0 Å². The fourth-order valence-electron chi connectivity index (χ4n) is 4.35. The van der Waals surface area contributed by atoms with Gasteiger partial charge in [-0.05, 0) is 24.3 Å². The number of amides is 2. The first-order chi connectivity index (χ1) is 16.1. The zero-order valence-corrected chi connectivity index (χ0v) is 19.1. The van der Waals surface area contributed by atoms with E-state index in [9.17, 15) is 9.59 Å². The van der Waals surface area contributed by atoms with Crippen LogP contribution in [0.3, 0.4) is 0 Å². The molecule has 174 valence electrons.